The van der Waals surface area contributed by atoms with E-state index in [2.05, 4.69) is 5.10 Å². The zero-order valence-electron chi connectivity index (χ0n) is 11.7. The van der Waals surface area contributed by atoms with Crippen LogP contribution in [0.15, 0.2) is 53.6 Å². The number of aldehydes is 1. The molecule has 0 spiro atoms. The van der Waals surface area contributed by atoms with Gasteiger partial charge in [0, 0.05) is 18.4 Å². The summed E-state index contributed by atoms with van der Waals surface area (Å²) in [6, 6.07) is 12.7. The normalized spacial score (nSPS) is 14.7. The Kier molecular flexibility index (Phi) is 3.78. The van der Waals surface area contributed by atoms with Crippen LogP contribution in [0, 0.1) is 5.82 Å². The van der Waals surface area contributed by atoms with Gasteiger partial charge in [-0.15, -0.1) is 0 Å². The Morgan fingerprint density at radius 1 is 1.00 bits per heavy atom. The summed E-state index contributed by atoms with van der Waals surface area (Å²) in [5.74, 6) is -0.415. The van der Waals surface area contributed by atoms with Gasteiger partial charge in [-0.25, -0.2) is 9.40 Å². The fourth-order valence-corrected chi connectivity index (χ4v) is 2.30. The van der Waals surface area contributed by atoms with Gasteiger partial charge in [0.15, 0.2) is 0 Å². The largest absolute Gasteiger partial charge is 0.298 e. The monoisotopic (exact) mass is 296 g/mol. The number of hydrogen-bond acceptors (Lipinski definition) is 3. The first kappa shape index (κ1) is 14.1. The van der Waals surface area contributed by atoms with Gasteiger partial charge in [0.25, 0.3) is 0 Å². The van der Waals surface area contributed by atoms with Gasteiger partial charge < -0.3 is 0 Å². The molecule has 2 aromatic rings. The Morgan fingerprint density at radius 2 is 1.68 bits per heavy atom. The Bertz CT molecular complexity index is 736. The highest BCUT2D eigenvalue weighted by atomic mass is 19.1. The molecule has 5 heteroatoms. The Labute approximate surface area is 126 Å². The molecule has 0 radical (unpaired) electrons. The number of amides is 1. The highest BCUT2D eigenvalue weighted by Crippen LogP contribution is 2.22. The van der Waals surface area contributed by atoms with Crippen LogP contribution in [-0.2, 0) is 4.79 Å². The van der Waals surface area contributed by atoms with Crippen molar-refractivity contribution in [2.75, 3.05) is 5.01 Å². The lowest BCUT2D eigenvalue weighted by molar-refractivity contribution is -0.118. The molecule has 0 aliphatic carbocycles. The fourth-order valence-electron chi connectivity index (χ4n) is 2.30. The molecule has 0 atom stereocenters. The van der Waals surface area contributed by atoms with E-state index in [1.165, 1.54) is 17.1 Å². The van der Waals surface area contributed by atoms with Gasteiger partial charge in [-0.1, -0.05) is 12.1 Å². The first-order valence-electron chi connectivity index (χ1n) is 6.89. The molecule has 0 aromatic heterocycles. The van der Waals surface area contributed by atoms with Crippen LogP contribution in [0.1, 0.15) is 28.8 Å². The highest BCUT2D eigenvalue weighted by molar-refractivity contribution is 6.08. The fraction of sp³-hybridized carbons (Fsp3) is 0.118. The van der Waals surface area contributed by atoms with Crippen molar-refractivity contribution < 1.29 is 14.0 Å². The van der Waals surface area contributed by atoms with E-state index in [1.807, 2.05) is 0 Å². The minimum Gasteiger partial charge on any atom is -0.298 e. The molecule has 0 saturated carbocycles. The van der Waals surface area contributed by atoms with Crippen molar-refractivity contribution in [3.8, 4) is 0 Å². The number of benzene rings is 2. The predicted molar refractivity (Wildman–Crippen MR) is 81.5 cm³/mol. The van der Waals surface area contributed by atoms with Gasteiger partial charge in [-0.05, 0) is 42.0 Å². The number of carbonyl (C=O) groups is 2. The van der Waals surface area contributed by atoms with E-state index in [0.29, 0.717) is 24.1 Å². The lowest BCUT2D eigenvalue weighted by Gasteiger charge is -2.23. The first-order chi connectivity index (χ1) is 10.7. The van der Waals surface area contributed by atoms with E-state index < -0.39 is 0 Å². The van der Waals surface area contributed by atoms with Crippen LogP contribution in [-0.4, -0.2) is 17.9 Å². The maximum atomic E-state index is 13.0. The van der Waals surface area contributed by atoms with Gasteiger partial charge in [0.1, 0.15) is 12.1 Å². The molecule has 4 nitrogen and oxygen atoms in total. The highest BCUT2D eigenvalue weighted by Gasteiger charge is 2.22. The number of hydrazone groups is 1. The standard InChI is InChI=1S/C17H13FN2O2/c18-14-5-3-13(4-6-14)16-9-10-17(22)20(19-16)15-7-1-12(11-21)2-8-15/h1-8,11H,9-10H2. The van der Waals surface area contributed by atoms with Crippen LogP contribution in [0.2, 0.25) is 0 Å². The molecule has 1 heterocycles. The summed E-state index contributed by atoms with van der Waals surface area (Å²) < 4.78 is 13.0. The van der Waals surface area contributed by atoms with Crippen molar-refractivity contribution in [3.05, 3.63) is 65.5 Å². The Balaban J connectivity index is 1.94. The van der Waals surface area contributed by atoms with Crippen molar-refractivity contribution in [1.29, 1.82) is 0 Å². The number of nitrogens with zero attached hydrogens (tertiary/aromatic N) is 2. The smallest absolute Gasteiger partial charge is 0.247 e. The number of hydrogen-bond donors (Lipinski definition) is 0. The molecule has 0 fully saturated rings. The van der Waals surface area contributed by atoms with Gasteiger partial charge in [-0.2, -0.15) is 5.10 Å². The molecule has 0 saturated heterocycles. The van der Waals surface area contributed by atoms with Gasteiger partial charge in [-0.3, -0.25) is 9.59 Å². The minimum atomic E-state index is -0.308. The second-order valence-electron chi connectivity index (χ2n) is 4.97. The molecule has 0 bridgehead atoms. The molecule has 22 heavy (non-hydrogen) atoms. The van der Waals surface area contributed by atoms with E-state index in [4.69, 9.17) is 0 Å². The molecule has 0 unspecified atom stereocenters. The lowest BCUT2D eigenvalue weighted by Crippen LogP contribution is -2.31. The molecule has 1 aliphatic rings. The summed E-state index contributed by atoms with van der Waals surface area (Å²) in [4.78, 5) is 22.8. The van der Waals surface area contributed by atoms with E-state index in [0.717, 1.165) is 17.6 Å². The molecular weight excluding hydrogens is 283 g/mol. The summed E-state index contributed by atoms with van der Waals surface area (Å²) in [7, 11) is 0. The van der Waals surface area contributed by atoms with Crippen LogP contribution in [0.3, 0.4) is 0 Å². The summed E-state index contributed by atoms with van der Waals surface area (Å²) in [6.07, 6.45) is 1.61. The topological polar surface area (TPSA) is 49.7 Å². The number of anilines is 1. The molecule has 2 aromatic carbocycles. The number of rotatable bonds is 3. The van der Waals surface area contributed by atoms with E-state index in [9.17, 15) is 14.0 Å². The van der Waals surface area contributed by atoms with Crippen LogP contribution < -0.4 is 5.01 Å². The van der Waals surface area contributed by atoms with Gasteiger partial charge in [0.2, 0.25) is 5.91 Å². The zero-order valence-corrected chi connectivity index (χ0v) is 11.7. The molecular formula is C17H13FN2O2. The maximum Gasteiger partial charge on any atom is 0.247 e. The maximum absolute atomic E-state index is 13.0. The van der Waals surface area contributed by atoms with Crippen molar-refractivity contribution in [2.45, 2.75) is 12.8 Å². The van der Waals surface area contributed by atoms with E-state index >= 15 is 0 Å². The minimum absolute atomic E-state index is 0.107. The van der Waals surface area contributed by atoms with Crippen LogP contribution in [0.4, 0.5) is 10.1 Å². The number of halogens is 1. The van der Waals surface area contributed by atoms with Crippen molar-refractivity contribution in [3.63, 3.8) is 0 Å². The van der Waals surface area contributed by atoms with Gasteiger partial charge in [0.05, 0.1) is 11.4 Å². The second-order valence-corrected chi connectivity index (χ2v) is 4.97. The third kappa shape index (κ3) is 2.79. The van der Waals surface area contributed by atoms with Crippen molar-refractivity contribution >= 4 is 23.6 Å². The van der Waals surface area contributed by atoms with Gasteiger partial charge >= 0.3 is 0 Å². The second kappa shape index (κ2) is 5.89. The summed E-state index contributed by atoms with van der Waals surface area (Å²) in [5.41, 5.74) is 2.67. The molecule has 1 amide bonds. The average Bonchev–Trinajstić information content (AvgIpc) is 2.56. The first-order valence-corrected chi connectivity index (χ1v) is 6.89. The van der Waals surface area contributed by atoms with E-state index in [1.54, 1.807) is 36.4 Å². The molecule has 1 aliphatic heterocycles. The number of carbonyl (C=O) groups excluding carboxylic acids is 2. The van der Waals surface area contributed by atoms with Crippen LogP contribution >= 0.6 is 0 Å². The third-order valence-corrected chi connectivity index (χ3v) is 3.48. The lowest BCUT2D eigenvalue weighted by atomic mass is 10.0. The van der Waals surface area contributed by atoms with Crippen molar-refractivity contribution in [1.82, 2.24) is 0 Å². The summed E-state index contributed by atoms with van der Waals surface area (Å²) in [5, 5.41) is 5.71. The third-order valence-electron chi connectivity index (χ3n) is 3.48. The molecule has 110 valence electrons. The Hall–Kier alpha value is -2.82. The van der Waals surface area contributed by atoms with Crippen molar-refractivity contribution in [2.24, 2.45) is 5.10 Å². The summed E-state index contributed by atoms with van der Waals surface area (Å²) >= 11 is 0. The van der Waals surface area contributed by atoms with Crippen LogP contribution in [0.5, 0.6) is 0 Å². The molecule has 0 N–H and O–H groups in total. The summed E-state index contributed by atoms with van der Waals surface area (Å²) in [6.45, 7) is 0. The average molecular weight is 296 g/mol. The predicted octanol–water partition coefficient (Wildman–Crippen LogP) is 3.17. The molecule has 3 rings (SSSR count). The SMILES string of the molecule is O=Cc1ccc(N2N=C(c3ccc(F)cc3)CCC2=O)cc1. The Morgan fingerprint density at radius 3 is 2.32 bits per heavy atom. The quantitative estimate of drug-likeness (QED) is 0.817. The zero-order chi connectivity index (χ0) is 15.5. The van der Waals surface area contributed by atoms with E-state index in [-0.39, 0.29) is 11.7 Å². The van der Waals surface area contributed by atoms with Crippen LogP contribution in [0.25, 0.3) is 0 Å².